The molecule has 2 rings (SSSR count). The van der Waals surface area contributed by atoms with Gasteiger partial charge in [0, 0.05) is 11.1 Å². The van der Waals surface area contributed by atoms with E-state index in [1.54, 1.807) is 0 Å². The predicted molar refractivity (Wildman–Crippen MR) is 54.0 cm³/mol. The number of hydrogen-bond acceptors (Lipinski definition) is 3. The van der Waals surface area contributed by atoms with E-state index in [2.05, 4.69) is 11.8 Å². The van der Waals surface area contributed by atoms with Crippen molar-refractivity contribution in [3.63, 3.8) is 0 Å². The van der Waals surface area contributed by atoms with Gasteiger partial charge in [0.05, 0.1) is 13.2 Å². The lowest BCUT2D eigenvalue weighted by atomic mass is 10.1. The van der Waals surface area contributed by atoms with E-state index >= 15 is 0 Å². The molecule has 0 aromatic heterocycles. The maximum Gasteiger partial charge on any atom is 0.193 e. The highest BCUT2D eigenvalue weighted by atomic mass is 16.7. The van der Waals surface area contributed by atoms with Crippen LogP contribution in [0.1, 0.15) is 17.4 Å². The molecular weight excluding hydrogens is 192 g/mol. The molecule has 0 amide bonds. The molecule has 0 atom stereocenters. The van der Waals surface area contributed by atoms with E-state index in [9.17, 15) is 4.79 Å². The Morgan fingerprint density at radius 1 is 1.20 bits per heavy atom. The molecule has 1 aromatic rings. The van der Waals surface area contributed by atoms with Crippen molar-refractivity contribution < 1.29 is 14.3 Å². The van der Waals surface area contributed by atoms with Crippen molar-refractivity contribution in [3.8, 4) is 11.8 Å². The number of rotatable bonds is 1. The summed E-state index contributed by atoms with van der Waals surface area (Å²) >= 11 is 0. The van der Waals surface area contributed by atoms with E-state index in [0.29, 0.717) is 19.5 Å². The van der Waals surface area contributed by atoms with Gasteiger partial charge in [0.1, 0.15) is 0 Å². The van der Waals surface area contributed by atoms with Gasteiger partial charge in [0.25, 0.3) is 0 Å². The van der Waals surface area contributed by atoms with E-state index < -0.39 is 0 Å². The zero-order valence-corrected chi connectivity index (χ0v) is 8.10. The van der Waals surface area contributed by atoms with Crippen LogP contribution in [-0.4, -0.2) is 19.5 Å². The number of hydrogen-bond donors (Lipinski definition) is 0. The van der Waals surface area contributed by atoms with Crippen LogP contribution in [0.25, 0.3) is 0 Å². The molecule has 1 aromatic carbocycles. The van der Waals surface area contributed by atoms with Gasteiger partial charge in [0.15, 0.2) is 12.6 Å². The molecule has 15 heavy (non-hydrogen) atoms. The third-order valence-corrected chi connectivity index (χ3v) is 2.08. The van der Waals surface area contributed by atoms with Gasteiger partial charge in [-0.25, -0.2) is 0 Å². The summed E-state index contributed by atoms with van der Waals surface area (Å²) in [5.41, 5.74) is 1.79. The Kier molecular flexibility index (Phi) is 3.13. The van der Waals surface area contributed by atoms with Crippen LogP contribution < -0.4 is 0 Å². The van der Waals surface area contributed by atoms with E-state index in [0.717, 1.165) is 11.1 Å². The molecule has 3 heteroatoms. The summed E-state index contributed by atoms with van der Waals surface area (Å²) in [6.45, 7) is 1.27. The van der Waals surface area contributed by atoms with Crippen LogP contribution in [0.4, 0.5) is 0 Å². The first-order valence-corrected chi connectivity index (χ1v) is 4.68. The van der Waals surface area contributed by atoms with Gasteiger partial charge in [-0.15, -0.1) is 0 Å². The average Bonchev–Trinajstić information content (AvgIpc) is 2.80. The fourth-order valence-electron chi connectivity index (χ4n) is 1.39. The number of carbonyl (C=O) groups is 1. The molecule has 1 saturated heterocycles. The molecule has 76 valence electrons. The van der Waals surface area contributed by atoms with E-state index in [1.807, 2.05) is 24.3 Å². The first-order valence-electron chi connectivity index (χ1n) is 4.68. The van der Waals surface area contributed by atoms with Crippen LogP contribution >= 0.6 is 0 Å². The first-order chi connectivity index (χ1) is 7.40. The summed E-state index contributed by atoms with van der Waals surface area (Å²) in [5, 5.41) is 0. The standard InChI is InChI=1S/C12H10O3/c13-7-1-2-10-3-5-11(6-4-10)12-14-8-9-15-12/h3-7,12H,8-9H2. The Hall–Kier alpha value is -1.63. The molecule has 1 aliphatic rings. The molecule has 0 spiro atoms. The number of carbonyl (C=O) groups excluding carboxylic acids is 1. The summed E-state index contributed by atoms with van der Waals surface area (Å²) in [6, 6.07) is 7.48. The normalized spacial score (nSPS) is 15.7. The largest absolute Gasteiger partial charge is 0.346 e. The minimum absolute atomic E-state index is 0.252. The molecule has 0 N–H and O–H groups in total. The molecule has 0 unspecified atom stereocenters. The quantitative estimate of drug-likeness (QED) is 0.508. The van der Waals surface area contributed by atoms with Gasteiger partial charge in [-0.3, -0.25) is 4.79 Å². The molecule has 1 heterocycles. The lowest BCUT2D eigenvalue weighted by molar-refractivity contribution is -0.103. The van der Waals surface area contributed by atoms with Gasteiger partial charge in [-0.05, 0) is 18.1 Å². The van der Waals surface area contributed by atoms with Gasteiger partial charge in [0.2, 0.25) is 0 Å². The van der Waals surface area contributed by atoms with Crippen LogP contribution in [0.3, 0.4) is 0 Å². The van der Waals surface area contributed by atoms with Crippen LogP contribution in [0.5, 0.6) is 0 Å². The van der Waals surface area contributed by atoms with E-state index in [-0.39, 0.29) is 6.29 Å². The second-order valence-electron chi connectivity index (χ2n) is 3.08. The van der Waals surface area contributed by atoms with E-state index in [1.165, 1.54) is 0 Å². The van der Waals surface area contributed by atoms with Gasteiger partial charge < -0.3 is 9.47 Å². The Morgan fingerprint density at radius 3 is 2.47 bits per heavy atom. The summed E-state index contributed by atoms with van der Waals surface area (Å²) in [5.74, 6) is 5.07. The Balaban J connectivity index is 2.12. The smallest absolute Gasteiger partial charge is 0.193 e. The van der Waals surface area contributed by atoms with Crippen molar-refractivity contribution in [2.24, 2.45) is 0 Å². The topological polar surface area (TPSA) is 35.5 Å². The van der Waals surface area contributed by atoms with E-state index in [4.69, 9.17) is 9.47 Å². The summed E-state index contributed by atoms with van der Waals surface area (Å²) in [7, 11) is 0. The summed E-state index contributed by atoms with van der Waals surface area (Å²) < 4.78 is 10.7. The maximum atomic E-state index is 10.0. The van der Waals surface area contributed by atoms with Crippen LogP contribution in [0.15, 0.2) is 24.3 Å². The molecule has 0 aliphatic carbocycles. The highest BCUT2D eigenvalue weighted by molar-refractivity contribution is 5.73. The second kappa shape index (κ2) is 4.74. The predicted octanol–water partition coefficient (Wildman–Crippen LogP) is 1.28. The third kappa shape index (κ3) is 2.44. The lowest BCUT2D eigenvalue weighted by Gasteiger charge is -2.08. The summed E-state index contributed by atoms with van der Waals surface area (Å²) in [6.07, 6.45) is 0.329. The second-order valence-corrected chi connectivity index (χ2v) is 3.08. The monoisotopic (exact) mass is 202 g/mol. The number of ether oxygens (including phenoxy) is 2. The molecule has 0 radical (unpaired) electrons. The summed E-state index contributed by atoms with van der Waals surface area (Å²) in [4.78, 5) is 10.0. The Bertz CT molecular complexity index is 391. The molecular formula is C12H10O3. The van der Waals surface area contributed by atoms with Crippen molar-refractivity contribution >= 4 is 6.29 Å². The first kappa shape index (κ1) is 9.91. The Morgan fingerprint density at radius 2 is 1.87 bits per heavy atom. The van der Waals surface area contributed by atoms with Crippen molar-refractivity contribution in [2.45, 2.75) is 6.29 Å². The highest BCUT2D eigenvalue weighted by Crippen LogP contribution is 2.22. The third-order valence-electron chi connectivity index (χ3n) is 2.08. The molecule has 0 saturated carbocycles. The number of aldehydes is 1. The SMILES string of the molecule is O=CC#Cc1ccc(C2OCCO2)cc1. The van der Waals surface area contributed by atoms with Crippen LogP contribution in [0.2, 0.25) is 0 Å². The average molecular weight is 202 g/mol. The molecule has 3 nitrogen and oxygen atoms in total. The van der Waals surface area contributed by atoms with Crippen molar-refractivity contribution in [1.29, 1.82) is 0 Å². The zero-order valence-electron chi connectivity index (χ0n) is 8.10. The van der Waals surface area contributed by atoms with Crippen LogP contribution in [0, 0.1) is 11.8 Å². The maximum absolute atomic E-state index is 10.0. The fourth-order valence-corrected chi connectivity index (χ4v) is 1.39. The van der Waals surface area contributed by atoms with Crippen molar-refractivity contribution in [2.75, 3.05) is 13.2 Å². The Labute approximate surface area is 88.0 Å². The van der Waals surface area contributed by atoms with Crippen LogP contribution in [-0.2, 0) is 14.3 Å². The highest BCUT2D eigenvalue weighted by Gasteiger charge is 2.17. The molecule has 1 aliphatic heterocycles. The van der Waals surface area contributed by atoms with Gasteiger partial charge >= 0.3 is 0 Å². The minimum Gasteiger partial charge on any atom is -0.346 e. The minimum atomic E-state index is -0.252. The van der Waals surface area contributed by atoms with Crippen molar-refractivity contribution in [3.05, 3.63) is 35.4 Å². The number of benzene rings is 1. The zero-order chi connectivity index (χ0) is 10.5. The fraction of sp³-hybridized carbons (Fsp3) is 0.250. The van der Waals surface area contributed by atoms with Gasteiger partial charge in [-0.1, -0.05) is 18.1 Å². The molecule has 0 bridgehead atoms. The molecule has 1 fully saturated rings. The van der Waals surface area contributed by atoms with Gasteiger partial charge in [-0.2, -0.15) is 0 Å². The van der Waals surface area contributed by atoms with Crippen molar-refractivity contribution in [1.82, 2.24) is 0 Å². The lowest BCUT2D eigenvalue weighted by Crippen LogP contribution is -1.97.